The van der Waals surface area contributed by atoms with Gasteiger partial charge < -0.3 is 21.7 Å². The molecule has 0 rings (SSSR count). The molecule has 2 unspecified atom stereocenters. The van der Waals surface area contributed by atoms with Crippen LogP contribution in [-0.4, -0.2) is 34.2 Å². The monoisotopic (exact) mass is 254 g/mol. The van der Waals surface area contributed by atoms with Gasteiger partial charge in [0.05, 0.1) is 0 Å². The molecule has 0 aliphatic heterocycles. The van der Waals surface area contributed by atoms with Crippen LogP contribution in [0, 0.1) is 24.2 Å². The molecule has 18 heavy (non-hydrogen) atoms. The molecule has 0 aromatic rings. The lowest BCUT2D eigenvalue weighted by Gasteiger charge is -2.00. The smallest absolute Gasteiger partial charge is 0.333 e. The number of hydrogen-bond donors (Lipinski definition) is 4. The highest BCUT2D eigenvalue weighted by Gasteiger charge is 2.08. The third kappa shape index (κ3) is 12.1. The molecule has 0 bridgehead atoms. The molecule has 0 aliphatic carbocycles. The van der Waals surface area contributed by atoms with Gasteiger partial charge in [-0.2, -0.15) is 0 Å². The summed E-state index contributed by atoms with van der Waals surface area (Å²) in [7, 11) is 0. The Morgan fingerprint density at radius 2 is 1.83 bits per heavy atom. The van der Waals surface area contributed by atoms with E-state index in [4.69, 9.17) is 28.1 Å². The molecule has 100 valence electrons. The number of aliphatic carboxylic acids is 2. The van der Waals surface area contributed by atoms with E-state index in [0.29, 0.717) is 19.3 Å². The van der Waals surface area contributed by atoms with Crippen LogP contribution in [0.4, 0.5) is 0 Å². The van der Waals surface area contributed by atoms with Crippen molar-refractivity contribution in [2.75, 3.05) is 0 Å². The number of rotatable bonds is 4. The molecule has 0 aromatic heterocycles. The maximum Gasteiger partial charge on any atom is 0.333 e. The summed E-state index contributed by atoms with van der Waals surface area (Å²) in [4.78, 5) is 20.0. The number of carboxylic acids is 2. The largest absolute Gasteiger partial charge is 0.480 e. The average Bonchev–Trinajstić information content (AvgIpc) is 2.33. The van der Waals surface area contributed by atoms with Crippen molar-refractivity contribution in [2.24, 2.45) is 11.5 Å². The summed E-state index contributed by atoms with van der Waals surface area (Å²) in [5.74, 6) is 5.18. The number of carbonyl (C=O) groups is 2. The predicted molar refractivity (Wildman–Crippen MR) is 67.4 cm³/mol. The Balaban J connectivity index is 0. The van der Waals surface area contributed by atoms with E-state index in [9.17, 15) is 9.59 Å². The third-order valence-electron chi connectivity index (χ3n) is 1.62. The van der Waals surface area contributed by atoms with Crippen molar-refractivity contribution in [3.05, 3.63) is 0 Å². The van der Waals surface area contributed by atoms with Crippen LogP contribution in [0.2, 0.25) is 0 Å². The first kappa shape index (κ1) is 18.3. The number of hydrogen-bond acceptors (Lipinski definition) is 4. The van der Waals surface area contributed by atoms with Gasteiger partial charge in [-0.15, -0.1) is 18.3 Å². The molecular formula is C12H18N2O4. The van der Waals surface area contributed by atoms with Gasteiger partial charge in [0, 0.05) is 12.8 Å². The molecule has 0 saturated carbocycles. The summed E-state index contributed by atoms with van der Waals surface area (Å²) < 4.78 is 0. The van der Waals surface area contributed by atoms with Crippen molar-refractivity contribution < 1.29 is 19.8 Å². The Bertz CT molecular complexity index is 362. The highest BCUT2D eigenvalue weighted by Crippen LogP contribution is 1.91. The fourth-order valence-electron chi connectivity index (χ4n) is 0.636. The molecule has 0 aliphatic rings. The quantitative estimate of drug-likeness (QED) is 0.507. The summed E-state index contributed by atoms with van der Waals surface area (Å²) in [6.07, 6.45) is 6.30. The van der Waals surface area contributed by atoms with Gasteiger partial charge in [-0.1, -0.05) is 12.8 Å². The van der Waals surface area contributed by atoms with E-state index in [2.05, 4.69) is 17.8 Å². The number of nitrogens with two attached hydrogens (primary N) is 2. The second kappa shape index (κ2) is 11.5. The van der Waals surface area contributed by atoms with Crippen LogP contribution in [0.15, 0.2) is 0 Å². The second-order valence-corrected chi connectivity index (χ2v) is 3.18. The van der Waals surface area contributed by atoms with Gasteiger partial charge in [-0.3, -0.25) is 4.79 Å². The Kier molecular flexibility index (Phi) is 11.7. The summed E-state index contributed by atoms with van der Waals surface area (Å²) in [6, 6.07) is -1.83. The summed E-state index contributed by atoms with van der Waals surface area (Å²) >= 11 is 0. The van der Waals surface area contributed by atoms with Gasteiger partial charge in [-0.05, 0) is 6.42 Å². The third-order valence-corrected chi connectivity index (χ3v) is 1.62. The minimum atomic E-state index is -1.07. The first-order valence-electron chi connectivity index (χ1n) is 5.25. The van der Waals surface area contributed by atoms with Crippen molar-refractivity contribution in [1.82, 2.24) is 0 Å². The van der Waals surface area contributed by atoms with E-state index in [-0.39, 0.29) is 0 Å². The highest BCUT2D eigenvalue weighted by molar-refractivity contribution is 5.76. The van der Waals surface area contributed by atoms with E-state index >= 15 is 0 Å². The lowest BCUT2D eigenvalue weighted by molar-refractivity contribution is -0.139. The van der Waals surface area contributed by atoms with E-state index < -0.39 is 24.0 Å². The van der Waals surface area contributed by atoms with Crippen molar-refractivity contribution in [2.45, 2.75) is 38.3 Å². The Hall–Kier alpha value is -2.02. The molecule has 0 radical (unpaired) electrons. The van der Waals surface area contributed by atoms with E-state index in [1.807, 2.05) is 6.92 Å². The molecule has 6 heteroatoms. The summed E-state index contributed by atoms with van der Waals surface area (Å²) in [5, 5.41) is 16.4. The number of carboxylic acid groups (broad SMARTS) is 2. The van der Waals surface area contributed by atoms with Crippen LogP contribution in [0.5, 0.6) is 0 Å². The van der Waals surface area contributed by atoms with Gasteiger partial charge in [-0.25, -0.2) is 4.79 Å². The first-order valence-corrected chi connectivity index (χ1v) is 5.25. The van der Waals surface area contributed by atoms with Crippen molar-refractivity contribution in [3.63, 3.8) is 0 Å². The standard InChI is InChI=1S/2C6H9NO2/c2*1-2-3-4-5(7)6(8)9/h5H,2,7H2,1H3,(H,8,9);1,5H,3-4,7H2,(H,8,9). The zero-order valence-electron chi connectivity index (χ0n) is 10.2. The van der Waals surface area contributed by atoms with E-state index in [1.54, 1.807) is 0 Å². The van der Waals surface area contributed by atoms with Crippen LogP contribution in [0.25, 0.3) is 0 Å². The highest BCUT2D eigenvalue weighted by atomic mass is 16.4. The Morgan fingerprint density at radius 1 is 1.28 bits per heavy atom. The minimum Gasteiger partial charge on any atom is -0.480 e. The molecular weight excluding hydrogens is 236 g/mol. The molecule has 0 saturated heterocycles. The Morgan fingerprint density at radius 3 is 2.17 bits per heavy atom. The maximum atomic E-state index is 10.0. The molecule has 6 N–H and O–H groups in total. The summed E-state index contributed by atoms with van der Waals surface area (Å²) in [6.45, 7) is 1.83. The second-order valence-electron chi connectivity index (χ2n) is 3.18. The van der Waals surface area contributed by atoms with Crippen LogP contribution < -0.4 is 11.5 Å². The molecule has 0 aromatic carbocycles. The fraction of sp³-hybridized carbons (Fsp3) is 0.500. The van der Waals surface area contributed by atoms with Gasteiger partial charge in [0.25, 0.3) is 0 Å². The van der Waals surface area contributed by atoms with Crippen molar-refractivity contribution in [3.8, 4) is 24.2 Å². The van der Waals surface area contributed by atoms with Crippen LogP contribution in [-0.2, 0) is 9.59 Å². The molecule has 0 spiro atoms. The normalized spacial score (nSPS) is 11.7. The fourth-order valence-corrected chi connectivity index (χ4v) is 0.636. The summed E-state index contributed by atoms with van der Waals surface area (Å²) in [5.41, 5.74) is 10.1. The zero-order valence-corrected chi connectivity index (χ0v) is 10.2. The molecule has 0 heterocycles. The van der Waals surface area contributed by atoms with Crippen molar-refractivity contribution in [1.29, 1.82) is 0 Å². The van der Waals surface area contributed by atoms with E-state index in [1.165, 1.54) is 0 Å². The van der Waals surface area contributed by atoms with Gasteiger partial charge in [0.15, 0.2) is 6.04 Å². The lowest BCUT2D eigenvalue weighted by atomic mass is 10.2. The lowest BCUT2D eigenvalue weighted by Crippen LogP contribution is -2.29. The van der Waals surface area contributed by atoms with Crippen LogP contribution in [0.3, 0.4) is 0 Å². The molecule has 0 fully saturated rings. The zero-order chi connectivity index (χ0) is 14.6. The van der Waals surface area contributed by atoms with Gasteiger partial charge >= 0.3 is 11.9 Å². The molecule has 0 amide bonds. The maximum absolute atomic E-state index is 10.0. The van der Waals surface area contributed by atoms with Crippen molar-refractivity contribution >= 4 is 11.9 Å². The average molecular weight is 254 g/mol. The van der Waals surface area contributed by atoms with Crippen LogP contribution in [0.1, 0.15) is 26.2 Å². The van der Waals surface area contributed by atoms with Crippen LogP contribution >= 0.6 is 0 Å². The number of terminal acetylenes is 1. The topological polar surface area (TPSA) is 127 Å². The SMILES string of the molecule is C#CCCC(N)C(=O)O.CCC#CC(N)C(=O)O. The minimum absolute atomic E-state index is 0.353. The van der Waals surface area contributed by atoms with E-state index in [0.717, 1.165) is 0 Å². The Labute approximate surface area is 106 Å². The predicted octanol–water partition coefficient (Wildman–Crippen LogP) is -0.377. The molecule has 2 atom stereocenters. The van der Waals surface area contributed by atoms with Gasteiger partial charge in [0.1, 0.15) is 6.04 Å². The van der Waals surface area contributed by atoms with Gasteiger partial charge in [0.2, 0.25) is 0 Å². The first-order chi connectivity index (χ1) is 8.36. The molecule has 6 nitrogen and oxygen atoms in total.